The van der Waals surface area contributed by atoms with Gasteiger partial charge in [-0.1, -0.05) is 28.9 Å². The summed E-state index contributed by atoms with van der Waals surface area (Å²) in [4.78, 5) is 2.38. The molecule has 1 fully saturated rings. The maximum Gasteiger partial charge on any atom is 0.0772 e. The van der Waals surface area contributed by atoms with Crippen molar-refractivity contribution < 1.29 is 9.84 Å². The molecule has 1 heterocycles. The molecular weight excluding hydrogens is 318 g/mol. The largest absolute Gasteiger partial charge is 0.389 e. The predicted octanol–water partition coefficient (Wildman–Crippen LogP) is 3.90. The summed E-state index contributed by atoms with van der Waals surface area (Å²) in [5.74, 6) is 0. The van der Waals surface area contributed by atoms with Gasteiger partial charge in [-0.3, -0.25) is 0 Å². The van der Waals surface area contributed by atoms with Crippen LogP contribution in [0.25, 0.3) is 0 Å². The molecular formula is C16H24BrNO2. The lowest BCUT2D eigenvalue weighted by Gasteiger charge is -2.34. The fraction of sp³-hybridized carbons (Fsp3) is 0.625. The lowest BCUT2D eigenvalue weighted by Crippen LogP contribution is -2.39. The van der Waals surface area contributed by atoms with Gasteiger partial charge in [0, 0.05) is 29.9 Å². The van der Waals surface area contributed by atoms with Crippen molar-refractivity contribution in [2.75, 3.05) is 24.6 Å². The van der Waals surface area contributed by atoms with Crippen molar-refractivity contribution >= 4 is 21.6 Å². The fourth-order valence-corrected chi connectivity index (χ4v) is 3.34. The zero-order valence-electron chi connectivity index (χ0n) is 12.3. The number of aliphatic hydroxyl groups is 1. The molecule has 112 valence electrons. The maximum atomic E-state index is 9.68. The number of rotatable bonds is 5. The summed E-state index contributed by atoms with van der Waals surface area (Å²) < 4.78 is 6.86. The van der Waals surface area contributed by atoms with Gasteiger partial charge in [-0.15, -0.1) is 0 Å². The van der Waals surface area contributed by atoms with Gasteiger partial charge < -0.3 is 14.7 Å². The Kier molecular flexibility index (Phi) is 5.87. The average Bonchev–Trinajstić information content (AvgIpc) is 2.45. The number of piperidine rings is 1. The molecule has 0 bridgehead atoms. The third kappa shape index (κ3) is 3.96. The molecule has 1 unspecified atom stereocenters. The molecule has 1 aromatic rings. The van der Waals surface area contributed by atoms with Crippen molar-refractivity contribution in [1.29, 1.82) is 0 Å². The highest BCUT2D eigenvalue weighted by Gasteiger charge is 2.21. The van der Waals surface area contributed by atoms with Crippen LogP contribution in [0.1, 0.15) is 44.8 Å². The second kappa shape index (κ2) is 7.43. The zero-order valence-corrected chi connectivity index (χ0v) is 13.9. The van der Waals surface area contributed by atoms with Crippen LogP contribution in [0, 0.1) is 0 Å². The Morgan fingerprint density at radius 3 is 2.95 bits per heavy atom. The molecule has 1 N–H and O–H groups in total. The van der Waals surface area contributed by atoms with Crippen molar-refractivity contribution in [3.63, 3.8) is 0 Å². The summed E-state index contributed by atoms with van der Waals surface area (Å²) in [6.07, 6.45) is 3.30. The van der Waals surface area contributed by atoms with Gasteiger partial charge in [0.2, 0.25) is 0 Å². The molecule has 0 spiro atoms. The highest BCUT2D eigenvalue weighted by atomic mass is 79.9. The molecule has 0 radical (unpaired) electrons. The first-order chi connectivity index (χ1) is 9.61. The number of ether oxygens (including phenoxy) is 1. The number of benzene rings is 1. The van der Waals surface area contributed by atoms with E-state index in [1.807, 2.05) is 6.07 Å². The number of anilines is 1. The van der Waals surface area contributed by atoms with E-state index >= 15 is 0 Å². The standard InChI is InChI=1S/C16H24BrNO2/c1-3-9-20-14-5-4-8-18(11-14)13-6-7-15(12(2)19)16(17)10-13/h6-7,10,12,14,19H,3-5,8-9,11H2,1-2H3/t12-,14?/m1/s1. The fourth-order valence-electron chi connectivity index (χ4n) is 2.64. The van der Waals surface area contributed by atoms with Crippen molar-refractivity contribution in [3.05, 3.63) is 28.2 Å². The van der Waals surface area contributed by atoms with E-state index < -0.39 is 6.10 Å². The minimum atomic E-state index is -0.444. The van der Waals surface area contributed by atoms with Crippen molar-refractivity contribution in [2.24, 2.45) is 0 Å². The van der Waals surface area contributed by atoms with E-state index in [1.54, 1.807) is 6.92 Å². The molecule has 1 aliphatic heterocycles. The summed E-state index contributed by atoms with van der Waals surface area (Å²) in [6, 6.07) is 6.19. The van der Waals surface area contributed by atoms with Crippen LogP contribution in [0.2, 0.25) is 0 Å². The SMILES string of the molecule is CCCOC1CCCN(c2ccc([C@@H](C)O)c(Br)c2)C1. The van der Waals surface area contributed by atoms with Gasteiger partial charge in [-0.25, -0.2) is 0 Å². The Morgan fingerprint density at radius 2 is 2.30 bits per heavy atom. The minimum Gasteiger partial charge on any atom is -0.389 e. The molecule has 1 aliphatic rings. The number of hydrogen-bond donors (Lipinski definition) is 1. The Bertz CT molecular complexity index is 436. The lowest BCUT2D eigenvalue weighted by atomic mass is 10.1. The maximum absolute atomic E-state index is 9.68. The number of aliphatic hydroxyl groups excluding tert-OH is 1. The topological polar surface area (TPSA) is 32.7 Å². The molecule has 0 aliphatic carbocycles. The summed E-state index contributed by atoms with van der Waals surface area (Å²) in [5.41, 5.74) is 2.13. The van der Waals surface area contributed by atoms with Gasteiger partial charge in [0.15, 0.2) is 0 Å². The van der Waals surface area contributed by atoms with E-state index in [0.717, 1.165) is 42.6 Å². The van der Waals surface area contributed by atoms with Crippen LogP contribution in [-0.2, 0) is 4.74 Å². The summed E-state index contributed by atoms with van der Waals surface area (Å²) in [7, 11) is 0. The Hall–Kier alpha value is -0.580. The van der Waals surface area contributed by atoms with E-state index in [0.29, 0.717) is 6.10 Å². The zero-order chi connectivity index (χ0) is 14.5. The van der Waals surface area contributed by atoms with Crippen molar-refractivity contribution in [1.82, 2.24) is 0 Å². The first-order valence-corrected chi connectivity index (χ1v) is 8.25. The monoisotopic (exact) mass is 341 g/mol. The molecule has 0 saturated carbocycles. The minimum absolute atomic E-state index is 0.346. The second-order valence-electron chi connectivity index (χ2n) is 5.46. The van der Waals surface area contributed by atoms with Gasteiger partial charge in [0.25, 0.3) is 0 Å². The molecule has 0 aromatic heterocycles. The Balaban J connectivity index is 2.05. The van der Waals surface area contributed by atoms with Crippen LogP contribution < -0.4 is 4.90 Å². The number of nitrogens with zero attached hydrogens (tertiary/aromatic N) is 1. The average molecular weight is 342 g/mol. The molecule has 0 amide bonds. The second-order valence-corrected chi connectivity index (χ2v) is 6.32. The van der Waals surface area contributed by atoms with E-state index in [4.69, 9.17) is 4.74 Å². The van der Waals surface area contributed by atoms with Gasteiger partial charge in [0.1, 0.15) is 0 Å². The van der Waals surface area contributed by atoms with Crippen LogP contribution in [-0.4, -0.2) is 30.9 Å². The lowest BCUT2D eigenvalue weighted by molar-refractivity contribution is 0.0440. The van der Waals surface area contributed by atoms with E-state index in [2.05, 4.69) is 39.9 Å². The van der Waals surface area contributed by atoms with Gasteiger partial charge >= 0.3 is 0 Å². The predicted molar refractivity (Wildman–Crippen MR) is 86.3 cm³/mol. The Labute approximate surface area is 130 Å². The number of halogens is 1. The van der Waals surface area contributed by atoms with Gasteiger partial charge in [-0.05, 0) is 43.9 Å². The van der Waals surface area contributed by atoms with Crippen LogP contribution in [0.5, 0.6) is 0 Å². The summed E-state index contributed by atoms with van der Waals surface area (Å²) in [5, 5.41) is 9.68. The molecule has 2 atom stereocenters. The molecule has 4 heteroatoms. The van der Waals surface area contributed by atoms with Gasteiger partial charge in [0.05, 0.1) is 12.2 Å². The molecule has 1 aromatic carbocycles. The van der Waals surface area contributed by atoms with Crippen LogP contribution >= 0.6 is 15.9 Å². The van der Waals surface area contributed by atoms with Crippen molar-refractivity contribution in [2.45, 2.75) is 45.3 Å². The first-order valence-electron chi connectivity index (χ1n) is 7.46. The van der Waals surface area contributed by atoms with Crippen LogP contribution in [0.3, 0.4) is 0 Å². The van der Waals surface area contributed by atoms with E-state index in [-0.39, 0.29) is 0 Å². The Morgan fingerprint density at radius 1 is 1.50 bits per heavy atom. The van der Waals surface area contributed by atoms with Crippen LogP contribution in [0.15, 0.2) is 22.7 Å². The van der Waals surface area contributed by atoms with Crippen molar-refractivity contribution in [3.8, 4) is 0 Å². The smallest absolute Gasteiger partial charge is 0.0772 e. The molecule has 1 saturated heterocycles. The van der Waals surface area contributed by atoms with E-state index in [1.165, 1.54) is 12.1 Å². The number of hydrogen-bond acceptors (Lipinski definition) is 3. The molecule has 3 nitrogen and oxygen atoms in total. The van der Waals surface area contributed by atoms with Crippen LogP contribution in [0.4, 0.5) is 5.69 Å². The third-order valence-corrected chi connectivity index (χ3v) is 4.42. The van der Waals surface area contributed by atoms with E-state index in [9.17, 15) is 5.11 Å². The third-order valence-electron chi connectivity index (χ3n) is 3.74. The normalized spacial score (nSPS) is 21.0. The highest BCUT2D eigenvalue weighted by molar-refractivity contribution is 9.10. The molecule has 2 rings (SSSR count). The molecule has 20 heavy (non-hydrogen) atoms. The summed E-state index contributed by atoms with van der Waals surface area (Å²) >= 11 is 3.55. The quantitative estimate of drug-likeness (QED) is 0.881. The van der Waals surface area contributed by atoms with Gasteiger partial charge in [-0.2, -0.15) is 0 Å². The summed E-state index contributed by atoms with van der Waals surface area (Å²) in [6.45, 7) is 6.82. The first kappa shape index (κ1) is 15.8. The highest BCUT2D eigenvalue weighted by Crippen LogP contribution is 2.30.